The number of carbonyl (C=O) groups is 2. The fourth-order valence-electron chi connectivity index (χ4n) is 7.47. The van der Waals surface area contributed by atoms with Gasteiger partial charge in [0.2, 0.25) is 5.88 Å². The number of hydrogen-bond acceptors (Lipinski definition) is 11. The van der Waals surface area contributed by atoms with E-state index in [1.54, 1.807) is 55.4 Å². The average molecular weight is 734 g/mol. The molecule has 0 aliphatic carbocycles. The van der Waals surface area contributed by atoms with Crippen LogP contribution in [0, 0.1) is 0 Å². The van der Waals surface area contributed by atoms with Crippen LogP contribution in [-0.4, -0.2) is 126 Å². The molecule has 3 aliphatic heterocycles. The standard InChI is InChI=1S/C37H47N7O7S/c1-6-41-17-14-27(15-18-41)42-19-21-43(22-20-42)36(46)40-37(29-9-8-16-39-34(29)51-7-2)30-23-26(25-38-3)10-12-31(30)44(35(37)45)52(47,48)33-13-11-28(49-4)24-32(33)50-5/h8-13,16,23-25,27H,6-7,14-15,17-22H2,1-5H3,(H,40,46)/t37-/m1/s1. The van der Waals surface area contributed by atoms with Crippen LogP contribution in [0.1, 0.15) is 43.4 Å². The van der Waals surface area contributed by atoms with Crippen LogP contribution in [0.25, 0.3) is 0 Å². The highest BCUT2D eigenvalue weighted by molar-refractivity contribution is 7.93. The van der Waals surface area contributed by atoms with E-state index in [2.05, 4.69) is 32.0 Å². The van der Waals surface area contributed by atoms with Gasteiger partial charge in [0.25, 0.3) is 15.9 Å². The first-order valence-electron chi connectivity index (χ1n) is 17.6. The molecule has 0 spiro atoms. The highest BCUT2D eigenvalue weighted by atomic mass is 32.2. The van der Waals surface area contributed by atoms with E-state index < -0.39 is 27.5 Å². The lowest BCUT2D eigenvalue weighted by atomic mass is 9.83. The Morgan fingerprint density at radius 3 is 2.40 bits per heavy atom. The van der Waals surface area contributed by atoms with Crippen LogP contribution in [0.15, 0.2) is 64.6 Å². The minimum absolute atomic E-state index is 0.0143. The third kappa shape index (κ3) is 6.68. The number of ether oxygens (including phenoxy) is 3. The maximum atomic E-state index is 15.3. The number of piperidine rings is 1. The van der Waals surface area contributed by atoms with E-state index in [0.717, 1.165) is 36.8 Å². The summed E-state index contributed by atoms with van der Waals surface area (Å²) in [5.74, 6) is -0.477. The summed E-state index contributed by atoms with van der Waals surface area (Å²) in [5, 5.41) is 3.05. The van der Waals surface area contributed by atoms with Gasteiger partial charge in [0.15, 0.2) is 5.54 Å². The number of hydrogen-bond donors (Lipinski definition) is 1. The van der Waals surface area contributed by atoms with E-state index in [0.29, 0.717) is 43.5 Å². The van der Waals surface area contributed by atoms with Gasteiger partial charge in [-0.1, -0.05) is 13.0 Å². The largest absolute Gasteiger partial charge is 0.497 e. The smallest absolute Gasteiger partial charge is 0.318 e. The van der Waals surface area contributed by atoms with Gasteiger partial charge in [-0.25, -0.2) is 18.2 Å². The van der Waals surface area contributed by atoms with Crippen LogP contribution in [0.4, 0.5) is 10.5 Å². The number of anilines is 1. The normalized spacial score (nSPS) is 20.3. The summed E-state index contributed by atoms with van der Waals surface area (Å²) in [6.45, 7) is 9.60. The van der Waals surface area contributed by atoms with Crippen LogP contribution in [-0.2, 0) is 20.4 Å². The Morgan fingerprint density at radius 1 is 1.00 bits per heavy atom. The van der Waals surface area contributed by atoms with E-state index in [-0.39, 0.29) is 39.9 Å². The zero-order valence-corrected chi connectivity index (χ0v) is 31.2. The SMILES string of the molecule is CCOc1ncccc1[C@]1(NC(=O)N2CCN(C3CCN(CC)CC3)CC2)C(=O)N(S(=O)(=O)c2ccc(OC)cc2OC)c2ccc(C=NC)cc21. The van der Waals surface area contributed by atoms with Crippen molar-refractivity contribution in [3.8, 4) is 17.4 Å². The number of benzene rings is 2. The lowest BCUT2D eigenvalue weighted by molar-refractivity contribution is -0.121. The fraction of sp³-hybridized carbons (Fsp3) is 0.459. The number of methoxy groups -OCH3 is 2. The Labute approximate surface area is 305 Å². The molecule has 3 aromatic rings. The van der Waals surface area contributed by atoms with Gasteiger partial charge < -0.3 is 29.3 Å². The molecular weight excluding hydrogens is 687 g/mol. The molecule has 1 atom stereocenters. The van der Waals surface area contributed by atoms with Crippen LogP contribution in [0.5, 0.6) is 17.4 Å². The molecule has 15 heteroatoms. The number of carbonyl (C=O) groups excluding carboxylic acids is 2. The van der Waals surface area contributed by atoms with Crippen molar-refractivity contribution in [2.24, 2.45) is 4.99 Å². The average Bonchev–Trinajstić information content (AvgIpc) is 3.42. The number of amides is 3. The van der Waals surface area contributed by atoms with Gasteiger partial charge in [0, 0.05) is 63.3 Å². The number of fused-ring (bicyclic) bond motifs is 1. The van der Waals surface area contributed by atoms with Gasteiger partial charge in [-0.15, -0.1) is 0 Å². The molecule has 0 saturated carbocycles. The van der Waals surface area contributed by atoms with E-state index in [1.807, 2.05) is 0 Å². The second-order valence-corrected chi connectivity index (χ2v) is 14.7. The summed E-state index contributed by atoms with van der Waals surface area (Å²) < 4.78 is 46.9. The van der Waals surface area contributed by atoms with Crippen molar-refractivity contribution in [2.45, 2.75) is 43.2 Å². The van der Waals surface area contributed by atoms with Crippen LogP contribution < -0.4 is 23.8 Å². The molecule has 4 heterocycles. The minimum Gasteiger partial charge on any atom is -0.497 e. The zero-order chi connectivity index (χ0) is 37.0. The fourth-order valence-corrected chi connectivity index (χ4v) is 9.08. The number of pyridine rings is 1. The minimum atomic E-state index is -4.65. The highest BCUT2D eigenvalue weighted by Crippen LogP contribution is 2.50. The molecule has 278 valence electrons. The van der Waals surface area contributed by atoms with E-state index in [4.69, 9.17) is 14.2 Å². The number of rotatable bonds is 11. The first-order chi connectivity index (χ1) is 25.1. The Hall–Kier alpha value is -4.73. The van der Waals surface area contributed by atoms with Gasteiger partial charge in [0.1, 0.15) is 16.4 Å². The number of likely N-dealkylation sites (tertiary alicyclic amines) is 1. The molecule has 1 aromatic heterocycles. The number of sulfonamides is 1. The number of nitrogens with zero attached hydrogens (tertiary/aromatic N) is 6. The summed E-state index contributed by atoms with van der Waals surface area (Å²) in [4.78, 5) is 44.7. The molecule has 0 bridgehead atoms. The van der Waals surface area contributed by atoms with Crippen molar-refractivity contribution >= 4 is 33.9 Å². The number of aromatic nitrogens is 1. The molecule has 0 unspecified atom stereocenters. The molecule has 52 heavy (non-hydrogen) atoms. The molecule has 2 fully saturated rings. The van der Waals surface area contributed by atoms with Crippen molar-refractivity contribution < 1.29 is 32.2 Å². The third-order valence-corrected chi connectivity index (χ3v) is 11.9. The summed E-state index contributed by atoms with van der Waals surface area (Å²) >= 11 is 0. The lowest BCUT2D eigenvalue weighted by Gasteiger charge is -2.43. The predicted molar refractivity (Wildman–Crippen MR) is 197 cm³/mol. The Bertz CT molecular complexity index is 1920. The van der Waals surface area contributed by atoms with Gasteiger partial charge in [-0.2, -0.15) is 4.31 Å². The summed E-state index contributed by atoms with van der Waals surface area (Å²) in [6, 6.07) is 12.3. The lowest BCUT2D eigenvalue weighted by Crippen LogP contribution is -2.61. The van der Waals surface area contributed by atoms with Crippen LogP contribution in [0.3, 0.4) is 0 Å². The first-order valence-corrected chi connectivity index (χ1v) is 19.1. The molecule has 2 saturated heterocycles. The number of piperazine rings is 1. The molecule has 14 nitrogen and oxygen atoms in total. The van der Waals surface area contributed by atoms with Gasteiger partial charge in [-0.05, 0) is 81.4 Å². The second kappa shape index (κ2) is 15.5. The predicted octanol–water partition coefficient (Wildman–Crippen LogP) is 3.34. The van der Waals surface area contributed by atoms with Gasteiger partial charge >= 0.3 is 6.03 Å². The van der Waals surface area contributed by atoms with Crippen molar-refractivity contribution in [2.75, 3.05) is 78.0 Å². The number of nitrogens with one attached hydrogen (secondary N) is 1. The van der Waals surface area contributed by atoms with E-state index in [9.17, 15) is 13.2 Å². The second-order valence-electron chi connectivity index (χ2n) is 12.9. The Kier molecular flexibility index (Phi) is 11.0. The summed E-state index contributed by atoms with van der Waals surface area (Å²) in [7, 11) is -0.244. The van der Waals surface area contributed by atoms with E-state index >= 15 is 4.79 Å². The molecule has 1 N–H and O–H groups in total. The number of urea groups is 1. The maximum absolute atomic E-state index is 15.3. The Balaban J connectivity index is 1.44. The van der Waals surface area contributed by atoms with Crippen LogP contribution in [0.2, 0.25) is 0 Å². The van der Waals surface area contributed by atoms with Gasteiger partial charge in [-0.3, -0.25) is 14.7 Å². The molecular formula is C37H47N7O7S. The quantitative estimate of drug-likeness (QED) is 0.291. The molecule has 6 rings (SSSR count). The monoisotopic (exact) mass is 733 g/mol. The third-order valence-electron chi connectivity index (χ3n) is 10.2. The topological polar surface area (TPSA) is 146 Å². The molecule has 3 aliphatic rings. The highest BCUT2D eigenvalue weighted by Gasteiger charge is 2.59. The Morgan fingerprint density at radius 2 is 1.75 bits per heavy atom. The van der Waals surface area contributed by atoms with Gasteiger partial charge in [0.05, 0.1) is 32.1 Å². The number of aliphatic imine (C=N–C) groups is 1. The van der Waals surface area contributed by atoms with Crippen molar-refractivity contribution in [3.05, 3.63) is 71.4 Å². The summed E-state index contributed by atoms with van der Waals surface area (Å²) in [5.41, 5.74) is -0.971. The molecule has 3 amide bonds. The van der Waals surface area contributed by atoms with Crippen molar-refractivity contribution in [3.63, 3.8) is 0 Å². The van der Waals surface area contributed by atoms with Crippen molar-refractivity contribution in [1.82, 2.24) is 25.0 Å². The first kappa shape index (κ1) is 37.0. The molecule has 0 radical (unpaired) electrons. The maximum Gasteiger partial charge on any atom is 0.318 e. The molecule has 2 aromatic carbocycles. The van der Waals surface area contributed by atoms with Crippen molar-refractivity contribution in [1.29, 1.82) is 0 Å². The zero-order valence-electron chi connectivity index (χ0n) is 30.4. The summed E-state index contributed by atoms with van der Waals surface area (Å²) in [6.07, 6.45) is 5.29. The van der Waals surface area contributed by atoms with Crippen LogP contribution >= 0.6 is 0 Å². The van der Waals surface area contributed by atoms with E-state index in [1.165, 1.54) is 38.6 Å².